The highest BCUT2D eigenvalue weighted by molar-refractivity contribution is 5.90. The number of hydrogen-bond donors (Lipinski definition) is 2. The Kier molecular flexibility index (Phi) is 3.87. The third-order valence-electron chi connectivity index (χ3n) is 4.70. The molecule has 0 saturated carbocycles. The maximum absolute atomic E-state index is 13.9. The highest BCUT2D eigenvalue weighted by Crippen LogP contribution is 2.37. The van der Waals surface area contributed by atoms with Gasteiger partial charge in [0.15, 0.2) is 11.6 Å². The summed E-state index contributed by atoms with van der Waals surface area (Å²) in [5.74, 6) is 0.671. The monoisotopic (exact) mass is 339 g/mol. The molecule has 1 atom stereocenters. The van der Waals surface area contributed by atoms with Crippen molar-refractivity contribution < 1.29 is 14.2 Å². The van der Waals surface area contributed by atoms with Gasteiger partial charge in [0.05, 0.1) is 18.7 Å². The lowest BCUT2D eigenvalue weighted by atomic mass is 9.87. The first-order valence-corrected chi connectivity index (χ1v) is 8.23. The fourth-order valence-corrected chi connectivity index (χ4v) is 3.47. The third-order valence-corrected chi connectivity index (χ3v) is 4.70. The highest BCUT2D eigenvalue weighted by Gasteiger charge is 2.23. The van der Waals surface area contributed by atoms with Gasteiger partial charge in [-0.25, -0.2) is 14.4 Å². The molecule has 0 fully saturated rings. The van der Waals surface area contributed by atoms with Crippen LogP contribution in [0, 0.1) is 5.82 Å². The van der Waals surface area contributed by atoms with Gasteiger partial charge < -0.3 is 15.2 Å². The molecule has 1 heterocycles. The smallest absolute Gasteiger partial charge is 0.167 e. The first kappa shape index (κ1) is 15.6. The van der Waals surface area contributed by atoms with Crippen LogP contribution in [-0.4, -0.2) is 22.2 Å². The molecular weight excluding hydrogens is 321 g/mol. The topological polar surface area (TPSA) is 67.3 Å². The van der Waals surface area contributed by atoms with Crippen molar-refractivity contribution in [2.75, 3.05) is 12.4 Å². The van der Waals surface area contributed by atoms with Crippen molar-refractivity contribution in [2.45, 2.75) is 25.3 Å². The van der Waals surface area contributed by atoms with Crippen LogP contribution in [0.4, 0.5) is 10.2 Å². The zero-order valence-electron chi connectivity index (χ0n) is 13.8. The van der Waals surface area contributed by atoms with Crippen molar-refractivity contribution in [3.05, 3.63) is 53.6 Å². The molecule has 1 aliphatic rings. The summed E-state index contributed by atoms with van der Waals surface area (Å²) in [6, 6.07) is 8.58. The minimum absolute atomic E-state index is 0.0324. The van der Waals surface area contributed by atoms with E-state index in [1.165, 1.54) is 19.5 Å². The number of halogens is 1. The van der Waals surface area contributed by atoms with Crippen LogP contribution < -0.4 is 10.1 Å². The van der Waals surface area contributed by atoms with Crippen LogP contribution >= 0.6 is 0 Å². The molecule has 3 aromatic rings. The van der Waals surface area contributed by atoms with E-state index in [1.807, 2.05) is 12.1 Å². The second kappa shape index (κ2) is 6.20. The van der Waals surface area contributed by atoms with Crippen LogP contribution in [0.15, 0.2) is 36.7 Å². The first-order valence-electron chi connectivity index (χ1n) is 8.23. The van der Waals surface area contributed by atoms with Crippen molar-refractivity contribution in [1.82, 2.24) is 9.97 Å². The predicted molar refractivity (Wildman–Crippen MR) is 93.5 cm³/mol. The van der Waals surface area contributed by atoms with Crippen LogP contribution in [0.5, 0.6) is 11.5 Å². The Morgan fingerprint density at radius 2 is 2.16 bits per heavy atom. The lowest BCUT2D eigenvalue weighted by Crippen LogP contribution is -2.18. The second-order valence-corrected chi connectivity index (χ2v) is 6.16. The minimum atomic E-state index is -0.451. The number of nitrogens with one attached hydrogen (secondary N) is 1. The summed E-state index contributed by atoms with van der Waals surface area (Å²) in [6.45, 7) is 0. The Bertz CT molecular complexity index is 945. The third kappa shape index (κ3) is 2.73. The second-order valence-electron chi connectivity index (χ2n) is 6.16. The molecule has 0 amide bonds. The molecule has 0 spiro atoms. The van der Waals surface area contributed by atoms with E-state index in [2.05, 4.69) is 15.3 Å². The zero-order chi connectivity index (χ0) is 17.4. The molecule has 0 bridgehead atoms. The number of phenolic OH excluding ortho intramolecular Hbond substituents is 1. The first-order chi connectivity index (χ1) is 12.2. The van der Waals surface area contributed by atoms with Crippen molar-refractivity contribution in [3.8, 4) is 11.5 Å². The maximum Gasteiger partial charge on any atom is 0.167 e. The van der Waals surface area contributed by atoms with Crippen LogP contribution in [0.1, 0.15) is 30.0 Å². The van der Waals surface area contributed by atoms with Gasteiger partial charge in [-0.15, -0.1) is 0 Å². The lowest BCUT2D eigenvalue weighted by Gasteiger charge is -2.27. The Labute approximate surface area is 144 Å². The number of rotatable bonds is 3. The molecule has 2 aromatic carbocycles. The van der Waals surface area contributed by atoms with Gasteiger partial charge in [0.25, 0.3) is 0 Å². The van der Waals surface area contributed by atoms with Crippen molar-refractivity contribution in [3.63, 3.8) is 0 Å². The average molecular weight is 339 g/mol. The van der Waals surface area contributed by atoms with Gasteiger partial charge in [-0.05, 0) is 42.5 Å². The normalized spacial score (nSPS) is 16.5. The summed E-state index contributed by atoms with van der Waals surface area (Å²) in [5.41, 5.74) is 2.57. The summed E-state index contributed by atoms with van der Waals surface area (Å²) < 4.78 is 19.0. The molecule has 2 N–H and O–H groups in total. The minimum Gasteiger partial charge on any atom is -0.508 e. The van der Waals surface area contributed by atoms with Gasteiger partial charge in [-0.1, -0.05) is 12.1 Å². The number of aromatic nitrogens is 2. The summed E-state index contributed by atoms with van der Waals surface area (Å²) in [4.78, 5) is 8.48. The number of hydrogen-bond acceptors (Lipinski definition) is 5. The summed E-state index contributed by atoms with van der Waals surface area (Å²) in [6.07, 6.45) is 4.19. The van der Waals surface area contributed by atoms with E-state index in [9.17, 15) is 9.50 Å². The van der Waals surface area contributed by atoms with Crippen LogP contribution in [0.3, 0.4) is 0 Å². The van der Waals surface area contributed by atoms with E-state index in [0.29, 0.717) is 22.5 Å². The Balaban J connectivity index is 1.76. The van der Waals surface area contributed by atoms with Gasteiger partial charge in [0.1, 0.15) is 17.9 Å². The van der Waals surface area contributed by atoms with Crippen molar-refractivity contribution in [2.24, 2.45) is 0 Å². The fraction of sp³-hybridized carbons (Fsp3) is 0.263. The molecule has 0 saturated heterocycles. The Morgan fingerprint density at radius 3 is 3.00 bits per heavy atom. The van der Waals surface area contributed by atoms with Crippen molar-refractivity contribution in [1.29, 1.82) is 0 Å². The number of phenols is 1. The van der Waals surface area contributed by atoms with Crippen molar-refractivity contribution >= 4 is 16.7 Å². The largest absolute Gasteiger partial charge is 0.508 e. The molecule has 1 aliphatic carbocycles. The number of anilines is 1. The van der Waals surface area contributed by atoms with Gasteiger partial charge in [0.2, 0.25) is 0 Å². The number of fused-ring (bicyclic) bond motifs is 2. The Morgan fingerprint density at radius 1 is 1.28 bits per heavy atom. The van der Waals surface area contributed by atoms with Gasteiger partial charge >= 0.3 is 0 Å². The van der Waals surface area contributed by atoms with Crippen LogP contribution in [0.25, 0.3) is 10.9 Å². The highest BCUT2D eigenvalue weighted by atomic mass is 19.1. The fourth-order valence-electron chi connectivity index (χ4n) is 3.47. The maximum atomic E-state index is 13.9. The number of aromatic hydroxyl groups is 1. The van der Waals surface area contributed by atoms with E-state index in [-0.39, 0.29) is 11.8 Å². The van der Waals surface area contributed by atoms with Gasteiger partial charge in [-0.3, -0.25) is 0 Å². The molecule has 1 aromatic heterocycles. The quantitative estimate of drug-likeness (QED) is 0.756. The van der Waals surface area contributed by atoms with Gasteiger partial charge in [0, 0.05) is 11.5 Å². The summed E-state index contributed by atoms with van der Waals surface area (Å²) in [7, 11) is 1.43. The standard InChI is InChI=1S/C19H18FN3O2/c1-25-18-8-13-16(9-14(18)20)21-10-22-19(13)23-15-6-2-5-12-11(15)4-3-7-17(12)24/h3-4,7-10,15,24H,2,5-6H2,1H3,(H,21,22,23). The molecule has 4 rings (SSSR count). The van der Waals surface area contributed by atoms with Crippen LogP contribution in [-0.2, 0) is 6.42 Å². The Hall–Kier alpha value is -2.89. The molecule has 25 heavy (non-hydrogen) atoms. The molecule has 1 unspecified atom stereocenters. The molecule has 128 valence electrons. The number of nitrogens with zero attached hydrogens (tertiary/aromatic N) is 2. The SMILES string of the molecule is COc1cc2c(NC3CCCc4c(O)cccc43)ncnc2cc1F. The summed E-state index contributed by atoms with van der Waals surface area (Å²) >= 11 is 0. The van der Waals surface area contributed by atoms with Crippen LogP contribution in [0.2, 0.25) is 0 Å². The molecular formula is C19H18FN3O2. The van der Waals surface area contributed by atoms with E-state index in [4.69, 9.17) is 4.74 Å². The predicted octanol–water partition coefficient (Wildman–Crippen LogP) is 3.97. The number of ether oxygens (including phenoxy) is 1. The molecule has 0 radical (unpaired) electrons. The number of benzene rings is 2. The van der Waals surface area contributed by atoms with E-state index >= 15 is 0 Å². The molecule has 5 nitrogen and oxygen atoms in total. The van der Waals surface area contributed by atoms with E-state index in [0.717, 1.165) is 30.4 Å². The van der Waals surface area contributed by atoms with Gasteiger partial charge in [-0.2, -0.15) is 0 Å². The lowest BCUT2D eigenvalue weighted by molar-refractivity contribution is 0.387. The zero-order valence-corrected chi connectivity index (χ0v) is 13.8. The number of methoxy groups -OCH3 is 1. The summed E-state index contributed by atoms with van der Waals surface area (Å²) in [5, 5.41) is 14.2. The average Bonchev–Trinajstić information content (AvgIpc) is 2.62. The van der Waals surface area contributed by atoms with E-state index in [1.54, 1.807) is 12.1 Å². The molecule has 6 heteroatoms. The van der Waals surface area contributed by atoms with E-state index < -0.39 is 5.82 Å². The molecule has 0 aliphatic heterocycles.